The minimum atomic E-state index is 1.17. The molecular formula is C9H13Br. The molecule has 0 N–H and O–H groups in total. The van der Waals surface area contributed by atoms with Crippen LogP contribution in [-0.2, 0) is 0 Å². The van der Waals surface area contributed by atoms with E-state index in [9.17, 15) is 0 Å². The quantitative estimate of drug-likeness (QED) is 0.606. The first-order valence-electron chi connectivity index (χ1n) is 3.50. The van der Waals surface area contributed by atoms with Crippen LogP contribution in [0.25, 0.3) is 0 Å². The summed E-state index contributed by atoms with van der Waals surface area (Å²) in [6.07, 6.45) is 12.6. The maximum atomic E-state index is 3.18. The molecule has 0 aliphatic carbocycles. The van der Waals surface area contributed by atoms with E-state index in [-0.39, 0.29) is 0 Å². The minimum absolute atomic E-state index is 1.17. The first-order chi connectivity index (χ1) is 4.91. The van der Waals surface area contributed by atoms with E-state index in [1.54, 1.807) is 0 Å². The lowest BCUT2D eigenvalue weighted by molar-refractivity contribution is 0.959. The molecule has 0 unspecified atom stereocenters. The number of allylic oxidation sites excluding steroid dienone is 5. The number of hydrogen-bond donors (Lipinski definition) is 0. The molecule has 0 nitrogen and oxygen atoms in total. The summed E-state index contributed by atoms with van der Waals surface area (Å²) in [6, 6.07) is 0. The van der Waals surface area contributed by atoms with E-state index in [0.717, 1.165) is 0 Å². The van der Waals surface area contributed by atoms with E-state index in [1.165, 1.54) is 12.8 Å². The summed E-state index contributed by atoms with van der Waals surface area (Å²) in [4.78, 5) is 1.83. The summed E-state index contributed by atoms with van der Waals surface area (Å²) in [5.41, 5.74) is 0. The maximum absolute atomic E-state index is 3.18. The van der Waals surface area contributed by atoms with Gasteiger partial charge in [-0.2, -0.15) is 0 Å². The third-order valence-corrected chi connectivity index (χ3v) is 1.30. The van der Waals surface area contributed by atoms with Crippen molar-refractivity contribution in [3.63, 3.8) is 0 Å². The van der Waals surface area contributed by atoms with Crippen molar-refractivity contribution in [2.45, 2.75) is 19.8 Å². The predicted octanol–water partition coefficient (Wildman–Crippen LogP) is 3.81. The Labute approximate surface area is 71.5 Å². The van der Waals surface area contributed by atoms with E-state index < -0.39 is 0 Å². The van der Waals surface area contributed by atoms with E-state index >= 15 is 0 Å². The average molecular weight is 201 g/mol. The maximum Gasteiger partial charge on any atom is -0.0189 e. The van der Waals surface area contributed by atoms with Crippen LogP contribution < -0.4 is 0 Å². The molecule has 0 saturated carbocycles. The average Bonchev–Trinajstić information content (AvgIpc) is 1.97. The molecule has 0 spiro atoms. The standard InChI is InChI=1S/C9H13Br/c1-2-3-4-5-6-7-8-9-10/h4-9H,2-3H2,1H3. The van der Waals surface area contributed by atoms with Gasteiger partial charge in [0.15, 0.2) is 0 Å². The highest BCUT2D eigenvalue weighted by molar-refractivity contribution is 9.11. The van der Waals surface area contributed by atoms with E-state index in [4.69, 9.17) is 0 Å². The Morgan fingerprint density at radius 1 is 1.10 bits per heavy atom. The highest BCUT2D eigenvalue weighted by atomic mass is 79.9. The van der Waals surface area contributed by atoms with Crippen LogP contribution in [0.2, 0.25) is 0 Å². The molecule has 0 saturated heterocycles. The molecule has 0 radical (unpaired) electrons. The fourth-order valence-corrected chi connectivity index (χ4v) is 0.688. The number of rotatable bonds is 4. The summed E-state index contributed by atoms with van der Waals surface area (Å²) in [7, 11) is 0. The fraction of sp³-hybridized carbons (Fsp3) is 0.333. The monoisotopic (exact) mass is 200 g/mol. The van der Waals surface area contributed by atoms with Crippen molar-refractivity contribution in [1.29, 1.82) is 0 Å². The van der Waals surface area contributed by atoms with Crippen molar-refractivity contribution >= 4 is 15.9 Å². The van der Waals surface area contributed by atoms with Crippen molar-refractivity contribution in [3.05, 3.63) is 35.4 Å². The van der Waals surface area contributed by atoms with Gasteiger partial charge in [0.2, 0.25) is 0 Å². The smallest absolute Gasteiger partial charge is 0.0189 e. The first kappa shape index (κ1) is 9.70. The lowest BCUT2D eigenvalue weighted by Gasteiger charge is -1.78. The Morgan fingerprint density at radius 3 is 2.40 bits per heavy atom. The van der Waals surface area contributed by atoms with E-state index in [0.29, 0.717) is 0 Å². The highest BCUT2D eigenvalue weighted by Gasteiger charge is 1.67. The Balaban J connectivity index is 3.32. The topological polar surface area (TPSA) is 0 Å². The van der Waals surface area contributed by atoms with Crippen LogP contribution >= 0.6 is 15.9 Å². The predicted molar refractivity (Wildman–Crippen MR) is 51.3 cm³/mol. The molecule has 0 aromatic heterocycles. The third kappa shape index (κ3) is 7.70. The van der Waals surface area contributed by atoms with Crippen molar-refractivity contribution in [1.82, 2.24) is 0 Å². The Morgan fingerprint density at radius 2 is 1.80 bits per heavy atom. The van der Waals surface area contributed by atoms with Crippen molar-refractivity contribution in [3.8, 4) is 0 Å². The molecule has 0 rings (SSSR count). The van der Waals surface area contributed by atoms with Crippen LogP contribution in [0.5, 0.6) is 0 Å². The van der Waals surface area contributed by atoms with E-state index in [2.05, 4.69) is 35.0 Å². The summed E-state index contributed by atoms with van der Waals surface area (Å²) < 4.78 is 0. The fourth-order valence-electron chi connectivity index (χ4n) is 0.512. The molecule has 1 heteroatoms. The largest absolute Gasteiger partial charge is 0.0845 e. The second-order valence-corrected chi connectivity index (χ2v) is 2.45. The van der Waals surface area contributed by atoms with Crippen molar-refractivity contribution in [2.75, 3.05) is 0 Å². The van der Waals surface area contributed by atoms with Gasteiger partial charge in [0.25, 0.3) is 0 Å². The molecule has 0 fully saturated rings. The van der Waals surface area contributed by atoms with Gasteiger partial charge in [-0.15, -0.1) is 0 Å². The summed E-state index contributed by atoms with van der Waals surface area (Å²) in [5.74, 6) is 0. The molecular weight excluding hydrogens is 188 g/mol. The Kier molecular flexibility index (Phi) is 8.44. The van der Waals surface area contributed by atoms with Gasteiger partial charge in [-0.1, -0.05) is 59.7 Å². The molecule has 0 aliphatic heterocycles. The van der Waals surface area contributed by atoms with Gasteiger partial charge in [-0.25, -0.2) is 0 Å². The van der Waals surface area contributed by atoms with Crippen molar-refractivity contribution in [2.24, 2.45) is 0 Å². The first-order valence-corrected chi connectivity index (χ1v) is 4.42. The van der Waals surface area contributed by atoms with Gasteiger partial charge in [0.05, 0.1) is 0 Å². The van der Waals surface area contributed by atoms with Crippen LogP contribution in [0.1, 0.15) is 19.8 Å². The normalized spacial score (nSPS) is 12.6. The van der Waals surface area contributed by atoms with Gasteiger partial charge in [-0.05, 0) is 11.4 Å². The SMILES string of the molecule is CCCC=CC=CC=CBr. The zero-order valence-electron chi connectivity index (χ0n) is 6.26. The molecule has 56 valence electrons. The Bertz CT molecular complexity index is 132. The summed E-state index contributed by atoms with van der Waals surface area (Å²) in [5, 5.41) is 0. The molecule has 0 atom stereocenters. The van der Waals surface area contributed by atoms with E-state index in [1.807, 2.05) is 23.2 Å². The molecule has 10 heavy (non-hydrogen) atoms. The Hall–Kier alpha value is -0.300. The summed E-state index contributed by atoms with van der Waals surface area (Å²) >= 11 is 3.18. The molecule has 0 bridgehead atoms. The number of hydrogen-bond acceptors (Lipinski definition) is 0. The van der Waals surface area contributed by atoms with Crippen LogP contribution in [0.15, 0.2) is 35.4 Å². The third-order valence-electron chi connectivity index (χ3n) is 0.997. The lowest BCUT2D eigenvalue weighted by Crippen LogP contribution is -1.58. The number of halogens is 1. The molecule has 0 aromatic rings. The van der Waals surface area contributed by atoms with Gasteiger partial charge < -0.3 is 0 Å². The zero-order chi connectivity index (χ0) is 7.66. The van der Waals surface area contributed by atoms with Crippen LogP contribution in [0.3, 0.4) is 0 Å². The zero-order valence-corrected chi connectivity index (χ0v) is 7.84. The minimum Gasteiger partial charge on any atom is -0.0845 e. The summed E-state index contributed by atoms with van der Waals surface area (Å²) in [6.45, 7) is 2.17. The lowest BCUT2D eigenvalue weighted by atomic mass is 10.3. The van der Waals surface area contributed by atoms with Gasteiger partial charge in [0, 0.05) is 0 Å². The van der Waals surface area contributed by atoms with Crippen molar-refractivity contribution < 1.29 is 0 Å². The van der Waals surface area contributed by atoms with Gasteiger partial charge in [-0.3, -0.25) is 0 Å². The second-order valence-electron chi connectivity index (χ2n) is 1.92. The van der Waals surface area contributed by atoms with Crippen LogP contribution in [-0.4, -0.2) is 0 Å². The van der Waals surface area contributed by atoms with Crippen LogP contribution in [0.4, 0.5) is 0 Å². The molecule has 0 aliphatic rings. The molecule has 0 heterocycles. The molecule has 0 amide bonds. The van der Waals surface area contributed by atoms with Crippen LogP contribution in [0, 0.1) is 0 Å². The second kappa shape index (κ2) is 8.70. The van der Waals surface area contributed by atoms with Gasteiger partial charge >= 0.3 is 0 Å². The number of unbranched alkanes of at least 4 members (excludes halogenated alkanes) is 1. The van der Waals surface area contributed by atoms with Gasteiger partial charge in [0.1, 0.15) is 0 Å². The molecule has 0 aromatic carbocycles. The highest BCUT2D eigenvalue weighted by Crippen LogP contribution is 1.89.